The summed E-state index contributed by atoms with van der Waals surface area (Å²) in [6, 6.07) is 1.28. The lowest BCUT2D eigenvalue weighted by atomic mass is 9.90. The lowest BCUT2D eigenvalue weighted by molar-refractivity contribution is 0.405. The second-order valence-corrected chi connectivity index (χ2v) is 4.19. The smallest absolute Gasteiger partial charge is 0.200 e. The lowest BCUT2D eigenvalue weighted by Crippen LogP contribution is -2.01. The van der Waals surface area contributed by atoms with Gasteiger partial charge in [-0.05, 0) is 49.8 Å². The lowest BCUT2D eigenvalue weighted by Gasteiger charge is -2.16. The molecule has 0 bridgehead atoms. The average Bonchev–Trinajstić information content (AvgIpc) is 2.28. The third-order valence-electron chi connectivity index (χ3n) is 3.00. The minimum Gasteiger partial charge on any atom is -0.505 e. The summed E-state index contributed by atoms with van der Waals surface area (Å²) in [6.45, 7) is 1.69. The maximum absolute atomic E-state index is 13.7. The van der Waals surface area contributed by atoms with Crippen LogP contribution in [0.15, 0.2) is 12.1 Å². The van der Waals surface area contributed by atoms with Crippen LogP contribution in [-0.4, -0.2) is 5.11 Å². The van der Waals surface area contributed by atoms with E-state index in [2.05, 4.69) is 0 Å². The quantitative estimate of drug-likeness (QED) is 0.766. The Morgan fingerprint density at radius 2 is 1.94 bits per heavy atom. The molecule has 0 saturated heterocycles. The Morgan fingerprint density at radius 3 is 2.56 bits per heavy atom. The first kappa shape index (κ1) is 11.1. The van der Waals surface area contributed by atoms with Gasteiger partial charge in [-0.3, -0.25) is 0 Å². The fraction of sp³-hybridized carbons (Fsp3) is 0.385. The highest BCUT2D eigenvalue weighted by Gasteiger charge is 2.19. The van der Waals surface area contributed by atoms with E-state index in [9.17, 15) is 8.78 Å². The summed E-state index contributed by atoms with van der Waals surface area (Å²) in [4.78, 5) is 0. The summed E-state index contributed by atoms with van der Waals surface area (Å²) in [7, 11) is 0. The van der Waals surface area contributed by atoms with Crippen molar-refractivity contribution in [2.45, 2.75) is 32.6 Å². The Hall–Kier alpha value is -1.38. The number of phenolic OH excluding ortho intramolecular Hbond substituents is 1. The SMILES string of the molecule is Cc1cc(O)c(F)c(F)c1C1=CCCCC1. The molecule has 0 radical (unpaired) electrons. The summed E-state index contributed by atoms with van der Waals surface area (Å²) in [6.07, 6.45) is 5.77. The molecule has 0 heterocycles. The molecular formula is C13H14F2O. The number of halogens is 2. The van der Waals surface area contributed by atoms with Crippen molar-refractivity contribution in [1.82, 2.24) is 0 Å². The molecule has 0 aliphatic heterocycles. The van der Waals surface area contributed by atoms with E-state index < -0.39 is 17.4 Å². The van der Waals surface area contributed by atoms with Crippen LogP contribution in [0.25, 0.3) is 5.57 Å². The van der Waals surface area contributed by atoms with Crippen LogP contribution in [0.3, 0.4) is 0 Å². The molecule has 3 heteroatoms. The van der Waals surface area contributed by atoms with E-state index in [-0.39, 0.29) is 0 Å². The van der Waals surface area contributed by atoms with Gasteiger partial charge in [0.15, 0.2) is 11.6 Å². The van der Waals surface area contributed by atoms with Gasteiger partial charge in [-0.2, -0.15) is 4.39 Å². The van der Waals surface area contributed by atoms with Crippen LogP contribution >= 0.6 is 0 Å². The molecule has 0 spiro atoms. The second kappa shape index (κ2) is 4.24. The molecule has 0 saturated carbocycles. The minimum atomic E-state index is -1.15. The molecule has 0 unspecified atom stereocenters. The van der Waals surface area contributed by atoms with Crippen LogP contribution in [0, 0.1) is 18.6 Å². The van der Waals surface area contributed by atoms with E-state index in [4.69, 9.17) is 5.11 Å². The highest BCUT2D eigenvalue weighted by atomic mass is 19.2. The molecule has 1 aliphatic rings. The fourth-order valence-electron chi connectivity index (χ4n) is 2.20. The van der Waals surface area contributed by atoms with Crippen molar-refractivity contribution in [2.24, 2.45) is 0 Å². The number of allylic oxidation sites excluding steroid dienone is 2. The molecule has 1 N–H and O–H groups in total. The van der Waals surface area contributed by atoms with Crippen molar-refractivity contribution in [2.75, 3.05) is 0 Å². The van der Waals surface area contributed by atoms with Crippen LogP contribution < -0.4 is 0 Å². The maximum atomic E-state index is 13.7. The van der Waals surface area contributed by atoms with Gasteiger partial charge in [0.25, 0.3) is 0 Å². The van der Waals surface area contributed by atoms with Gasteiger partial charge in [-0.25, -0.2) is 4.39 Å². The Bertz CT molecular complexity index is 450. The largest absolute Gasteiger partial charge is 0.505 e. The highest BCUT2D eigenvalue weighted by molar-refractivity contribution is 5.70. The van der Waals surface area contributed by atoms with E-state index in [0.29, 0.717) is 11.1 Å². The first-order chi connectivity index (χ1) is 7.61. The molecule has 86 valence electrons. The van der Waals surface area contributed by atoms with Crippen molar-refractivity contribution in [3.05, 3.63) is 34.9 Å². The first-order valence-corrected chi connectivity index (χ1v) is 5.48. The van der Waals surface area contributed by atoms with Crippen molar-refractivity contribution in [1.29, 1.82) is 0 Å². The number of aromatic hydroxyl groups is 1. The Labute approximate surface area is 93.4 Å². The van der Waals surface area contributed by atoms with Gasteiger partial charge in [-0.1, -0.05) is 6.08 Å². The van der Waals surface area contributed by atoms with E-state index >= 15 is 0 Å². The monoisotopic (exact) mass is 224 g/mol. The van der Waals surface area contributed by atoms with E-state index in [1.54, 1.807) is 6.92 Å². The summed E-state index contributed by atoms with van der Waals surface area (Å²) >= 11 is 0. The topological polar surface area (TPSA) is 20.2 Å². The number of hydrogen-bond donors (Lipinski definition) is 1. The van der Waals surface area contributed by atoms with Gasteiger partial charge < -0.3 is 5.11 Å². The zero-order valence-corrected chi connectivity index (χ0v) is 9.19. The Morgan fingerprint density at radius 1 is 1.19 bits per heavy atom. The van der Waals surface area contributed by atoms with Crippen LogP contribution in [0.4, 0.5) is 8.78 Å². The maximum Gasteiger partial charge on any atom is 0.200 e. The third kappa shape index (κ3) is 1.82. The first-order valence-electron chi connectivity index (χ1n) is 5.48. The summed E-state index contributed by atoms with van der Waals surface area (Å²) in [5.74, 6) is -2.69. The van der Waals surface area contributed by atoms with Crippen molar-refractivity contribution in [3.8, 4) is 5.75 Å². The number of aryl methyl sites for hydroxylation is 1. The molecule has 0 atom stereocenters. The Kier molecular flexibility index (Phi) is 2.95. The standard InChI is InChI=1S/C13H14F2O/c1-8-7-10(16)12(14)13(15)11(8)9-5-3-2-4-6-9/h5,7,16H,2-4,6H2,1H3. The van der Waals surface area contributed by atoms with Crippen LogP contribution in [0.1, 0.15) is 36.8 Å². The minimum absolute atomic E-state index is 0.329. The van der Waals surface area contributed by atoms with Crippen molar-refractivity contribution in [3.63, 3.8) is 0 Å². The van der Waals surface area contributed by atoms with Crippen LogP contribution in [0.5, 0.6) is 5.75 Å². The molecule has 1 aromatic rings. The van der Waals surface area contributed by atoms with Gasteiger partial charge in [-0.15, -0.1) is 0 Å². The zero-order valence-electron chi connectivity index (χ0n) is 9.19. The molecule has 16 heavy (non-hydrogen) atoms. The predicted molar refractivity (Wildman–Crippen MR) is 59.2 cm³/mol. The van der Waals surface area contributed by atoms with Gasteiger partial charge in [0.1, 0.15) is 0 Å². The summed E-state index contributed by atoms with van der Waals surface area (Å²) < 4.78 is 27.0. The Balaban J connectivity index is 2.56. The van der Waals surface area contributed by atoms with Crippen molar-refractivity contribution < 1.29 is 13.9 Å². The molecule has 1 aliphatic carbocycles. The average molecular weight is 224 g/mol. The molecule has 1 nitrogen and oxygen atoms in total. The molecule has 2 rings (SSSR count). The fourth-order valence-corrected chi connectivity index (χ4v) is 2.20. The number of phenols is 1. The van der Waals surface area contributed by atoms with Gasteiger partial charge >= 0.3 is 0 Å². The zero-order chi connectivity index (χ0) is 11.7. The van der Waals surface area contributed by atoms with Gasteiger partial charge in [0.05, 0.1) is 0 Å². The third-order valence-corrected chi connectivity index (χ3v) is 3.00. The highest BCUT2D eigenvalue weighted by Crippen LogP contribution is 2.34. The second-order valence-electron chi connectivity index (χ2n) is 4.19. The van der Waals surface area contributed by atoms with E-state index in [1.165, 1.54) is 6.07 Å². The molecule has 0 amide bonds. The molecule has 0 aromatic heterocycles. The number of rotatable bonds is 1. The number of hydrogen-bond acceptors (Lipinski definition) is 1. The van der Waals surface area contributed by atoms with Gasteiger partial charge in [0.2, 0.25) is 5.82 Å². The van der Waals surface area contributed by atoms with E-state index in [1.807, 2.05) is 6.08 Å². The summed E-state index contributed by atoms with van der Waals surface area (Å²) in [5, 5.41) is 9.17. The summed E-state index contributed by atoms with van der Waals surface area (Å²) in [5.41, 5.74) is 1.78. The van der Waals surface area contributed by atoms with E-state index in [0.717, 1.165) is 31.3 Å². The number of benzene rings is 1. The normalized spacial score (nSPS) is 16.1. The molecule has 1 aromatic carbocycles. The van der Waals surface area contributed by atoms with Gasteiger partial charge in [0, 0.05) is 5.56 Å². The molecule has 0 fully saturated rings. The van der Waals surface area contributed by atoms with Crippen molar-refractivity contribution >= 4 is 5.57 Å². The van der Waals surface area contributed by atoms with Crippen LogP contribution in [-0.2, 0) is 0 Å². The predicted octanol–water partition coefficient (Wildman–Crippen LogP) is 3.94. The molecular weight excluding hydrogens is 210 g/mol. The van der Waals surface area contributed by atoms with Crippen LogP contribution in [0.2, 0.25) is 0 Å².